The maximum atomic E-state index is 5.30. The summed E-state index contributed by atoms with van der Waals surface area (Å²) >= 11 is 0. The third-order valence-corrected chi connectivity index (χ3v) is 2.99. The van der Waals surface area contributed by atoms with E-state index >= 15 is 0 Å². The lowest BCUT2D eigenvalue weighted by atomic mass is 9.96. The molecular formula is C12H18NO2+. The van der Waals surface area contributed by atoms with Crippen LogP contribution in [-0.4, -0.2) is 20.3 Å². The molecule has 0 aromatic heterocycles. The van der Waals surface area contributed by atoms with Crippen molar-refractivity contribution < 1.29 is 14.8 Å². The average molecular weight is 208 g/mol. The van der Waals surface area contributed by atoms with Crippen molar-refractivity contribution in [3.8, 4) is 11.5 Å². The summed E-state index contributed by atoms with van der Waals surface area (Å²) < 4.78 is 10.6. The van der Waals surface area contributed by atoms with Gasteiger partial charge < -0.3 is 14.8 Å². The molecular weight excluding hydrogens is 190 g/mol. The second-order valence-corrected chi connectivity index (χ2v) is 4.10. The fourth-order valence-electron chi connectivity index (χ4n) is 2.10. The smallest absolute Gasteiger partial charge is 0.161 e. The van der Waals surface area contributed by atoms with Gasteiger partial charge in [-0.25, -0.2) is 0 Å². The molecule has 0 amide bonds. The molecule has 1 aromatic rings. The largest absolute Gasteiger partial charge is 0.493 e. The van der Waals surface area contributed by atoms with Crippen molar-refractivity contribution in [2.24, 2.45) is 0 Å². The third kappa shape index (κ3) is 1.92. The Bertz CT molecular complexity index is 363. The maximum absolute atomic E-state index is 5.30. The van der Waals surface area contributed by atoms with Gasteiger partial charge >= 0.3 is 0 Å². The van der Waals surface area contributed by atoms with E-state index in [0.717, 1.165) is 24.5 Å². The highest BCUT2D eigenvalue weighted by Crippen LogP contribution is 2.31. The van der Waals surface area contributed by atoms with Gasteiger partial charge in [0.2, 0.25) is 0 Å². The highest BCUT2D eigenvalue weighted by atomic mass is 16.5. The molecule has 1 aliphatic rings. The first-order valence-electron chi connectivity index (χ1n) is 5.31. The monoisotopic (exact) mass is 208 g/mol. The standard InChI is InChI=1S/C12H17NO2/c1-8-4-9-5-11(14-2)12(15-3)6-10(9)7-13-8/h5-6,8,13H,4,7H2,1-3H3/p+1/t8-/m1/s1. The van der Waals surface area contributed by atoms with E-state index < -0.39 is 0 Å². The number of rotatable bonds is 2. The lowest BCUT2D eigenvalue weighted by Crippen LogP contribution is -2.89. The van der Waals surface area contributed by atoms with Gasteiger partial charge in [0.1, 0.15) is 6.54 Å². The Morgan fingerprint density at radius 3 is 2.33 bits per heavy atom. The van der Waals surface area contributed by atoms with Gasteiger partial charge in [-0.2, -0.15) is 0 Å². The lowest BCUT2D eigenvalue weighted by Gasteiger charge is -2.21. The molecule has 0 unspecified atom stereocenters. The Hall–Kier alpha value is -1.22. The molecule has 0 spiro atoms. The van der Waals surface area contributed by atoms with E-state index in [-0.39, 0.29) is 0 Å². The molecule has 1 atom stereocenters. The maximum Gasteiger partial charge on any atom is 0.161 e. The molecule has 15 heavy (non-hydrogen) atoms. The summed E-state index contributed by atoms with van der Waals surface area (Å²) in [4.78, 5) is 0. The number of hydrogen-bond acceptors (Lipinski definition) is 2. The number of fused-ring (bicyclic) bond motifs is 1. The quantitative estimate of drug-likeness (QED) is 0.777. The Morgan fingerprint density at radius 1 is 1.13 bits per heavy atom. The van der Waals surface area contributed by atoms with Gasteiger partial charge in [-0.05, 0) is 24.6 Å². The van der Waals surface area contributed by atoms with Gasteiger partial charge in [-0.15, -0.1) is 0 Å². The summed E-state index contributed by atoms with van der Waals surface area (Å²) in [7, 11) is 3.36. The first-order chi connectivity index (χ1) is 7.24. The zero-order chi connectivity index (χ0) is 10.8. The van der Waals surface area contributed by atoms with Gasteiger partial charge in [-0.3, -0.25) is 0 Å². The Balaban J connectivity index is 2.41. The van der Waals surface area contributed by atoms with E-state index in [9.17, 15) is 0 Å². The summed E-state index contributed by atoms with van der Waals surface area (Å²) in [5, 5.41) is 2.36. The van der Waals surface area contributed by atoms with Crippen LogP contribution in [0.15, 0.2) is 12.1 Å². The van der Waals surface area contributed by atoms with Crippen LogP contribution in [0.5, 0.6) is 11.5 Å². The number of nitrogens with two attached hydrogens (primary N) is 1. The highest BCUT2D eigenvalue weighted by molar-refractivity contribution is 5.47. The first-order valence-corrected chi connectivity index (χ1v) is 5.31. The zero-order valence-corrected chi connectivity index (χ0v) is 9.54. The molecule has 2 N–H and O–H groups in total. The van der Waals surface area contributed by atoms with Crippen molar-refractivity contribution in [1.29, 1.82) is 0 Å². The van der Waals surface area contributed by atoms with Gasteiger partial charge in [0.05, 0.1) is 20.3 Å². The summed E-state index contributed by atoms with van der Waals surface area (Å²) in [5.41, 5.74) is 2.76. The molecule has 3 heteroatoms. The Labute approximate surface area is 90.4 Å². The van der Waals surface area contributed by atoms with E-state index in [4.69, 9.17) is 9.47 Å². The molecule has 0 fully saturated rings. The van der Waals surface area contributed by atoms with Crippen LogP contribution in [0.2, 0.25) is 0 Å². The van der Waals surface area contributed by atoms with E-state index in [1.54, 1.807) is 14.2 Å². The first kappa shape index (κ1) is 10.3. The fraction of sp³-hybridized carbons (Fsp3) is 0.500. The van der Waals surface area contributed by atoms with Gasteiger partial charge in [0.15, 0.2) is 11.5 Å². The minimum absolute atomic E-state index is 0.663. The SMILES string of the molecule is COc1cc2c(cc1OC)C[C@@H](C)[NH2+]C2. The van der Waals surface area contributed by atoms with E-state index in [1.807, 2.05) is 0 Å². The Morgan fingerprint density at radius 2 is 1.73 bits per heavy atom. The van der Waals surface area contributed by atoms with Crippen LogP contribution in [0.1, 0.15) is 18.1 Å². The lowest BCUT2D eigenvalue weighted by molar-refractivity contribution is -0.704. The predicted octanol–water partition coefficient (Wildman–Crippen LogP) is 0.712. The summed E-state index contributed by atoms with van der Waals surface area (Å²) in [5.74, 6) is 1.67. The third-order valence-electron chi connectivity index (χ3n) is 2.99. The fourth-order valence-corrected chi connectivity index (χ4v) is 2.10. The highest BCUT2D eigenvalue weighted by Gasteiger charge is 2.20. The molecule has 0 saturated carbocycles. The van der Waals surface area contributed by atoms with Crippen LogP contribution >= 0.6 is 0 Å². The van der Waals surface area contributed by atoms with Crippen molar-refractivity contribution in [1.82, 2.24) is 0 Å². The van der Waals surface area contributed by atoms with E-state index in [1.165, 1.54) is 11.1 Å². The molecule has 1 heterocycles. The van der Waals surface area contributed by atoms with Gasteiger partial charge in [0.25, 0.3) is 0 Å². The second-order valence-electron chi connectivity index (χ2n) is 4.10. The molecule has 0 saturated heterocycles. The molecule has 0 aliphatic carbocycles. The molecule has 3 nitrogen and oxygen atoms in total. The number of ether oxygens (including phenoxy) is 2. The summed E-state index contributed by atoms with van der Waals surface area (Å²) in [6.45, 7) is 3.29. The van der Waals surface area contributed by atoms with Crippen LogP contribution in [-0.2, 0) is 13.0 Å². The summed E-state index contributed by atoms with van der Waals surface area (Å²) in [6.07, 6.45) is 1.11. The van der Waals surface area contributed by atoms with Crippen molar-refractivity contribution in [3.05, 3.63) is 23.3 Å². The second kappa shape index (κ2) is 4.11. The van der Waals surface area contributed by atoms with Crippen LogP contribution in [0.25, 0.3) is 0 Å². The Kier molecular flexibility index (Phi) is 2.82. The van der Waals surface area contributed by atoms with Crippen LogP contribution in [0, 0.1) is 0 Å². The van der Waals surface area contributed by atoms with Gasteiger partial charge in [-0.1, -0.05) is 0 Å². The minimum atomic E-state index is 0.663. The molecule has 1 aromatic carbocycles. The van der Waals surface area contributed by atoms with Crippen molar-refractivity contribution >= 4 is 0 Å². The van der Waals surface area contributed by atoms with Crippen LogP contribution in [0.3, 0.4) is 0 Å². The van der Waals surface area contributed by atoms with Crippen molar-refractivity contribution in [2.75, 3.05) is 14.2 Å². The molecule has 2 rings (SSSR count). The predicted molar refractivity (Wildman–Crippen MR) is 58.3 cm³/mol. The normalized spacial score (nSPS) is 19.5. The van der Waals surface area contributed by atoms with E-state index in [2.05, 4.69) is 24.4 Å². The van der Waals surface area contributed by atoms with Gasteiger partial charge in [0, 0.05) is 12.0 Å². The molecule has 0 bridgehead atoms. The minimum Gasteiger partial charge on any atom is -0.493 e. The van der Waals surface area contributed by atoms with Crippen LogP contribution < -0.4 is 14.8 Å². The zero-order valence-electron chi connectivity index (χ0n) is 9.54. The number of quaternary nitrogens is 1. The topological polar surface area (TPSA) is 35.1 Å². The molecule has 82 valence electrons. The molecule has 0 radical (unpaired) electrons. The molecule has 1 aliphatic heterocycles. The van der Waals surface area contributed by atoms with Crippen molar-refractivity contribution in [2.45, 2.75) is 25.9 Å². The van der Waals surface area contributed by atoms with E-state index in [0.29, 0.717) is 6.04 Å². The summed E-state index contributed by atoms with van der Waals surface area (Å²) in [6, 6.07) is 4.87. The van der Waals surface area contributed by atoms with Crippen molar-refractivity contribution in [3.63, 3.8) is 0 Å². The van der Waals surface area contributed by atoms with Crippen LogP contribution in [0.4, 0.5) is 0 Å². The number of benzene rings is 1. The number of methoxy groups -OCH3 is 2. The average Bonchev–Trinajstić information content (AvgIpc) is 2.27. The number of hydrogen-bond donors (Lipinski definition) is 1.